The lowest BCUT2D eigenvalue weighted by Crippen LogP contribution is -2.29. The number of nitrogens with zero attached hydrogens (tertiary/aromatic N) is 1. The maximum atomic E-state index is 12.6. The molecule has 0 saturated carbocycles. The van der Waals surface area contributed by atoms with Crippen molar-refractivity contribution in [2.24, 2.45) is 4.99 Å². The predicted molar refractivity (Wildman–Crippen MR) is 92.8 cm³/mol. The Morgan fingerprint density at radius 2 is 1.77 bits per heavy atom. The van der Waals surface area contributed by atoms with Gasteiger partial charge in [-0.05, 0) is 55.7 Å². The monoisotopic (exact) mass is 361 g/mol. The number of hydrogen-bond donors (Lipinski definition) is 0. The molecular formula is C20H18F3NO2. The van der Waals surface area contributed by atoms with E-state index in [9.17, 15) is 18.0 Å². The molecule has 0 radical (unpaired) electrons. The summed E-state index contributed by atoms with van der Waals surface area (Å²) in [6.07, 6.45) is -3.86. The summed E-state index contributed by atoms with van der Waals surface area (Å²) < 4.78 is 40.5. The van der Waals surface area contributed by atoms with Gasteiger partial charge in [0.05, 0.1) is 17.7 Å². The third kappa shape index (κ3) is 4.31. The summed E-state index contributed by atoms with van der Waals surface area (Å²) in [6, 6.07) is 12.8. The minimum atomic E-state index is -4.75. The van der Waals surface area contributed by atoms with Gasteiger partial charge in [-0.25, -0.2) is 0 Å². The minimum absolute atomic E-state index is 0.0971. The van der Waals surface area contributed by atoms with Crippen molar-refractivity contribution in [3.8, 4) is 5.75 Å². The van der Waals surface area contributed by atoms with Crippen LogP contribution in [0.2, 0.25) is 0 Å². The van der Waals surface area contributed by atoms with Crippen molar-refractivity contribution in [2.45, 2.75) is 38.6 Å². The van der Waals surface area contributed by atoms with Crippen molar-refractivity contribution in [1.29, 1.82) is 0 Å². The standard InChI is InChI=1S/C20H18F3NO2/c1-19(2)12-14-5-3-4-6-16(14)17(24-19)11-18(25)13-7-9-15(10-8-13)26-20(21,22)23/h3-10H,11-12H2,1-2H3. The molecule has 0 aliphatic carbocycles. The average Bonchev–Trinajstić information content (AvgIpc) is 2.53. The van der Waals surface area contributed by atoms with E-state index < -0.39 is 6.36 Å². The van der Waals surface area contributed by atoms with E-state index in [0.29, 0.717) is 11.3 Å². The first kappa shape index (κ1) is 18.2. The molecule has 1 aliphatic rings. The van der Waals surface area contributed by atoms with Crippen molar-refractivity contribution >= 4 is 11.5 Å². The molecule has 0 atom stereocenters. The van der Waals surface area contributed by atoms with Crippen LogP contribution in [0, 0.1) is 0 Å². The average molecular weight is 361 g/mol. The van der Waals surface area contributed by atoms with E-state index >= 15 is 0 Å². The second-order valence-corrected chi connectivity index (χ2v) is 6.88. The molecule has 3 nitrogen and oxygen atoms in total. The Hall–Kier alpha value is -2.63. The van der Waals surface area contributed by atoms with Crippen molar-refractivity contribution in [1.82, 2.24) is 0 Å². The molecule has 0 saturated heterocycles. The summed E-state index contributed by atoms with van der Waals surface area (Å²) in [6.45, 7) is 4.02. The molecule has 26 heavy (non-hydrogen) atoms. The van der Waals surface area contributed by atoms with Crippen LogP contribution in [0.15, 0.2) is 53.5 Å². The first-order chi connectivity index (χ1) is 12.1. The van der Waals surface area contributed by atoms with Crippen LogP contribution in [-0.4, -0.2) is 23.4 Å². The number of rotatable bonds is 4. The molecule has 6 heteroatoms. The molecule has 3 rings (SSSR count). The van der Waals surface area contributed by atoms with Gasteiger partial charge in [0, 0.05) is 5.56 Å². The molecule has 1 aliphatic heterocycles. The Morgan fingerprint density at radius 3 is 2.42 bits per heavy atom. The van der Waals surface area contributed by atoms with Crippen molar-refractivity contribution in [3.63, 3.8) is 0 Å². The van der Waals surface area contributed by atoms with Crippen LogP contribution in [0.4, 0.5) is 13.2 Å². The minimum Gasteiger partial charge on any atom is -0.406 e. The molecular weight excluding hydrogens is 343 g/mol. The third-order valence-corrected chi connectivity index (χ3v) is 4.13. The summed E-state index contributed by atoms with van der Waals surface area (Å²) in [4.78, 5) is 17.3. The lowest BCUT2D eigenvalue weighted by atomic mass is 9.85. The summed E-state index contributed by atoms with van der Waals surface area (Å²) in [5.74, 6) is -0.551. The van der Waals surface area contributed by atoms with Gasteiger partial charge in [-0.15, -0.1) is 13.2 Å². The molecule has 0 spiro atoms. The first-order valence-electron chi connectivity index (χ1n) is 8.19. The molecule has 0 aromatic heterocycles. The highest BCUT2D eigenvalue weighted by molar-refractivity contribution is 6.16. The molecule has 136 valence electrons. The SMILES string of the molecule is CC1(C)Cc2ccccc2C(CC(=O)c2ccc(OC(F)(F)F)cc2)=N1. The molecule has 2 aromatic carbocycles. The number of fused-ring (bicyclic) bond motifs is 1. The van der Waals surface area contributed by atoms with Crippen LogP contribution < -0.4 is 4.74 Å². The van der Waals surface area contributed by atoms with Crippen LogP contribution >= 0.6 is 0 Å². The van der Waals surface area contributed by atoms with E-state index in [-0.39, 0.29) is 23.5 Å². The maximum Gasteiger partial charge on any atom is 0.573 e. The highest BCUT2D eigenvalue weighted by Crippen LogP contribution is 2.29. The first-order valence-corrected chi connectivity index (χ1v) is 8.19. The zero-order chi connectivity index (χ0) is 18.9. The molecule has 1 heterocycles. The second kappa shape index (κ2) is 6.59. The number of alkyl halides is 3. The van der Waals surface area contributed by atoms with Crippen molar-refractivity contribution in [2.75, 3.05) is 0 Å². The van der Waals surface area contributed by atoms with Gasteiger partial charge < -0.3 is 4.74 Å². The number of hydrogen-bond acceptors (Lipinski definition) is 3. The summed E-state index contributed by atoms with van der Waals surface area (Å²) in [5.41, 5.74) is 2.83. The van der Waals surface area contributed by atoms with Crippen molar-refractivity contribution in [3.05, 3.63) is 65.2 Å². The number of benzene rings is 2. The fraction of sp³-hybridized carbons (Fsp3) is 0.300. The number of ether oxygens (including phenoxy) is 1. The van der Waals surface area contributed by atoms with E-state index in [1.165, 1.54) is 12.1 Å². The molecule has 0 N–H and O–H groups in total. The number of carbonyl (C=O) groups is 1. The zero-order valence-electron chi connectivity index (χ0n) is 14.4. The number of ketones is 1. The van der Waals surface area contributed by atoms with Crippen LogP contribution in [0.1, 0.15) is 41.8 Å². The van der Waals surface area contributed by atoms with Gasteiger partial charge in [-0.3, -0.25) is 9.79 Å². The number of Topliss-reactive ketones (excluding diaryl/α,β-unsaturated/α-hetero) is 1. The van der Waals surface area contributed by atoms with Gasteiger partial charge in [0.15, 0.2) is 5.78 Å². The Morgan fingerprint density at radius 1 is 1.12 bits per heavy atom. The Balaban J connectivity index is 1.80. The molecule has 0 fully saturated rings. The maximum absolute atomic E-state index is 12.6. The predicted octanol–water partition coefficient (Wildman–Crippen LogP) is 4.98. The van der Waals surface area contributed by atoms with Gasteiger partial charge in [0.2, 0.25) is 0 Å². The fourth-order valence-corrected chi connectivity index (χ4v) is 3.12. The Bertz CT molecular complexity index is 852. The van der Waals surface area contributed by atoms with Gasteiger partial charge >= 0.3 is 6.36 Å². The van der Waals surface area contributed by atoms with E-state index in [1.54, 1.807) is 0 Å². The molecule has 0 bridgehead atoms. The molecule has 2 aromatic rings. The van der Waals surface area contributed by atoms with Crippen LogP contribution in [-0.2, 0) is 6.42 Å². The Kier molecular flexibility index (Phi) is 4.61. The molecule has 0 unspecified atom stereocenters. The zero-order valence-corrected chi connectivity index (χ0v) is 14.4. The Labute approximate surface area is 149 Å². The van der Waals surface area contributed by atoms with Gasteiger partial charge in [-0.1, -0.05) is 24.3 Å². The normalized spacial score (nSPS) is 15.8. The third-order valence-electron chi connectivity index (χ3n) is 4.13. The quantitative estimate of drug-likeness (QED) is 0.720. The lowest BCUT2D eigenvalue weighted by Gasteiger charge is -2.29. The van der Waals surface area contributed by atoms with Crippen LogP contribution in [0.3, 0.4) is 0 Å². The van der Waals surface area contributed by atoms with Crippen LogP contribution in [0.5, 0.6) is 5.75 Å². The van der Waals surface area contributed by atoms with Crippen LogP contribution in [0.25, 0.3) is 0 Å². The number of carbonyl (C=O) groups excluding carboxylic acids is 1. The summed E-state index contributed by atoms with van der Waals surface area (Å²) in [7, 11) is 0. The lowest BCUT2D eigenvalue weighted by molar-refractivity contribution is -0.274. The van der Waals surface area contributed by atoms with Crippen molar-refractivity contribution < 1.29 is 22.7 Å². The van der Waals surface area contributed by atoms with E-state index in [0.717, 1.165) is 29.7 Å². The highest BCUT2D eigenvalue weighted by atomic mass is 19.4. The van der Waals surface area contributed by atoms with E-state index in [1.807, 2.05) is 38.1 Å². The largest absolute Gasteiger partial charge is 0.573 e. The highest BCUT2D eigenvalue weighted by Gasteiger charge is 2.31. The van der Waals surface area contributed by atoms with Gasteiger partial charge in [-0.2, -0.15) is 0 Å². The summed E-state index contributed by atoms with van der Waals surface area (Å²) in [5, 5.41) is 0. The topological polar surface area (TPSA) is 38.7 Å². The number of aliphatic imine (C=N–C) groups is 1. The van der Waals surface area contributed by atoms with E-state index in [2.05, 4.69) is 4.74 Å². The second-order valence-electron chi connectivity index (χ2n) is 6.88. The number of halogens is 3. The smallest absolute Gasteiger partial charge is 0.406 e. The molecule has 0 amide bonds. The van der Waals surface area contributed by atoms with Gasteiger partial charge in [0.25, 0.3) is 0 Å². The van der Waals surface area contributed by atoms with E-state index in [4.69, 9.17) is 4.99 Å². The fourth-order valence-electron chi connectivity index (χ4n) is 3.12. The van der Waals surface area contributed by atoms with Gasteiger partial charge in [0.1, 0.15) is 5.75 Å². The summed E-state index contributed by atoms with van der Waals surface area (Å²) >= 11 is 0.